The molecule has 0 radical (unpaired) electrons. The number of fused-ring (bicyclic) bond motifs is 9. The smallest absolute Gasteiger partial charge is 0.197 e. The Balaban J connectivity index is 1.72. The zero-order valence-corrected chi connectivity index (χ0v) is 15.0. The summed E-state index contributed by atoms with van der Waals surface area (Å²) in [6, 6.07) is 16.0. The zero-order chi connectivity index (χ0) is 17.4. The lowest BCUT2D eigenvalue weighted by Gasteiger charge is -2.21. The van der Waals surface area contributed by atoms with Gasteiger partial charge in [0.15, 0.2) is 11.6 Å². The van der Waals surface area contributed by atoms with Crippen LogP contribution in [0, 0.1) is 0 Å². The van der Waals surface area contributed by atoms with E-state index in [9.17, 15) is 9.59 Å². The van der Waals surface area contributed by atoms with Crippen molar-refractivity contribution in [3.63, 3.8) is 0 Å². The van der Waals surface area contributed by atoms with E-state index < -0.39 is 0 Å². The average molecular weight is 370 g/mol. The summed E-state index contributed by atoms with van der Waals surface area (Å²) in [5.74, 6) is 0.0614. The highest BCUT2D eigenvalue weighted by Gasteiger charge is 2.34. The molecule has 4 aromatic rings. The van der Waals surface area contributed by atoms with Crippen molar-refractivity contribution in [2.45, 2.75) is 0 Å². The van der Waals surface area contributed by atoms with Crippen LogP contribution < -0.4 is 0 Å². The zero-order valence-electron chi connectivity index (χ0n) is 13.4. The largest absolute Gasteiger partial charge is 0.289 e. The predicted octanol–water partition coefficient (Wildman–Crippen LogP) is 5.98. The molecule has 0 spiro atoms. The lowest BCUT2D eigenvalue weighted by Crippen LogP contribution is -2.12. The molecule has 2 aromatic carbocycles. The van der Waals surface area contributed by atoms with Gasteiger partial charge in [0.1, 0.15) is 0 Å². The molecule has 0 amide bonds. The van der Waals surface area contributed by atoms with Crippen LogP contribution >= 0.6 is 22.7 Å². The van der Waals surface area contributed by atoms with Gasteiger partial charge in [-0.25, -0.2) is 0 Å². The van der Waals surface area contributed by atoms with Gasteiger partial charge in [-0.2, -0.15) is 0 Å². The van der Waals surface area contributed by atoms with E-state index in [1.807, 2.05) is 48.5 Å². The van der Waals surface area contributed by atoms with Gasteiger partial charge in [-0.3, -0.25) is 9.59 Å². The number of hydrogen-bond acceptors (Lipinski definition) is 4. The first-order chi connectivity index (χ1) is 12.7. The number of thiophene rings is 2. The van der Waals surface area contributed by atoms with Crippen molar-refractivity contribution < 1.29 is 9.59 Å². The highest BCUT2D eigenvalue weighted by Crippen LogP contribution is 2.50. The third-order valence-corrected chi connectivity index (χ3v) is 7.41. The van der Waals surface area contributed by atoms with E-state index in [1.165, 1.54) is 11.3 Å². The van der Waals surface area contributed by atoms with E-state index in [-0.39, 0.29) is 11.6 Å². The first kappa shape index (κ1) is 14.4. The lowest BCUT2D eigenvalue weighted by molar-refractivity contribution is 0.103. The highest BCUT2D eigenvalue weighted by molar-refractivity contribution is 7.22. The van der Waals surface area contributed by atoms with E-state index in [0.29, 0.717) is 0 Å². The molecule has 26 heavy (non-hydrogen) atoms. The van der Waals surface area contributed by atoms with E-state index in [4.69, 9.17) is 0 Å². The van der Waals surface area contributed by atoms with Gasteiger partial charge in [0.25, 0.3) is 0 Å². The molecule has 122 valence electrons. The number of ketones is 2. The van der Waals surface area contributed by atoms with E-state index >= 15 is 0 Å². The minimum absolute atomic E-state index is 0.0279. The molecule has 0 saturated heterocycles. The van der Waals surface area contributed by atoms with Crippen LogP contribution in [0.2, 0.25) is 0 Å². The monoisotopic (exact) mass is 370 g/mol. The Labute approximate surface area is 156 Å². The van der Waals surface area contributed by atoms with Crippen LogP contribution in [-0.4, -0.2) is 11.6 Å². The molecule has 0 fully saturated rings. The first-order valence-corrected chi connectivity index (χ1v) is 9.92. The topological polar surface area (TPSA) is 34.1 Å². The second kappa shape index (κ2) is 4.87. The van der Waals surface area contributed by atoms with Gasteiger partial charge in [-0.15, -0.1) is 22.7 Å². The van der Waals surface area contributed by atoms with Gasteiger partial charge >= 0.3 is 0 Å². The van der Waals surface area contributed by atoms with Crippen molar-refractivity contribution >= 4 is 65.6 Å². The lowest BCUT2D eigenvalue weighted by atomic mass is 9.82. The molecular formula is C22H10O2S2. The van der Waals surface area contributed by atoms with Crippen LogP contribution in [0.1, 0.15) is 30.5 Å². The van der Waals surface area contributed by atoms with Crippen molar-refractivity contribution in [2.24, 2.45) is 0 Å². The summed E-state index contributed by atoms with van der Waals surface area (Å²) in [6.45, 7) is 0. The van der Waals surface area contributed by atoms with Crippen LogP contribution in [0.4, 0.5) is 0 Å². The number of allylic oxidation sites excluding steroid dienone is 4. The highest BCUT2D eigenvalue weighted by atomic mass is 32.1. The Bertz CT molecular complexity index is 1360. The minimum Gasteiger partial charge on any atom is -0.289 e. The molecule has 0 saturated carbocycles. The Morgan fingerprint density at radius 2 is 1.15 bits per heavy atom. The Morgan fingerprint density at radius 3 is 1.88 bits per heavy atom. The number of carbonyl (C=O) groups excluding carboxylic acids is 2. The van der Waals surface area contributed by atoms with Gasteiger partial charge in [0, 0.05) is 41.7 Å². The fourth-order valence-corrected chi connectivity index (χ4v) is 6.28. The second-order valence-electron chi connectivity index (χ2n) is 6.45. The third-order valence-electron chi connectivity index (χ3n) is 5.02. The van der Waals surface area contributed by atoms with Gasteiger partial charge in [-0.1, -0.05) is 36.4 Å². The third kappa shape index (κ3) is 1.70. The van der Waals surface area contributed by atoms with Crippen molar-refractivity contribution in [1.29, 1.82) is 0 Å². The maximum absolute atomic E-state index is 13.0. The summed E-state index contributed by atoms with van der Waals surface area (Å²) in [5, 5.41) is 2.03. The van der Waals surface area contributed by atoms with E-state index in [2.05, 4.69) is 0 Å². The molecule has 4 heteroatoms. The Kier molecular flexibility index (Phi) is 2.69. The number of carbonyl (C=O) groups is 2. The average Bonchev–Trinajstić information content (AvgIpc) is 3.23. The Morgan fingerprint density at radius 1 is 0.577 bits per heavy atom. The first-order valence-electron chi connectivity index (χ1n) is 8.28. The van der Waals surface area contributed by atoms with Gasteiger partial charge in [0.2, 0.25) is 0 Å². The van der Waals surface area contributed by atoms with Crippen molar-refractivity contribution in [3.8, 4) is 0 Å². The van der Waals surface area contributed by atoms with Gasteiger partial charge in [-0.05, 0) is 29.9 Å². The predicted molar refractivity (Wildman–Crippen MR) is 108 cm³/mol. The minimum atomic E-state index is 0.0279. The quantitative estimate of drug-likeness (QED) is 0.382. The second-order valence-corrected chi connectivity index (χ2v) is 8.55. The Hall–Kier alpha value is -2.82. The number of benzene rings is 2. The molecule has 2 heterocycles. The molecule has 2 aliphatic rings. The fraction of sp³-hybridized carbons (Fsp3) is 0. The molecule has 2 aromatic heterocycles. The molecule has 6 rings (SSSR count). The van der Waals surface area contributed by atoms with Crippen LogP contribution in [0.25, 0.3) is 31.3 Å². The summed E-state index contributed by atoms with van der Waals surface area (Å²) in [7, 11) is 0. The molecule has 0 aliphatic heterocycles. The SMILES string of the molecule is O=C1C=C2C(=CC(=O)c3c2sc2ccccc32)c2c1sc1ccccc21. The maximum atomic E-state index is 13.0. The van der Waals surface area contributed by atoms with E-state index in [0.717, 1.165) is 52.2 Å². The van der Waals surface area contributed by atoms with Crippen LogP contribution in [0.15, 0.2) is 60.7 Å². The fourth-order valence-electron chi connectivity index (χ4n) is 3.92. The number of rotatable bonds is 0. The molecule has 0 atom stereocenters. The van der Waals surface area contributed by atoms with Crippen LogP contribution in [0.5, 0.6) is 0 Å². The van der Waals surface area contributed by atoms with Crippen LogP contribution in [-0.2, 0) is 0 Å². The van der Waals surface area contributed by atoms with E-state index in [1.54, 1.807) is 23.5 Å². The molecule has 0 N–H and O–H groups in total. The summed E-state index contributed by atoms with van der Waals surface area (Å²) < 4.78 is 2.16. The standard InChI is InChI=1S/C22H10O2S2/c23-15-9-13-14(21-20(15)12-6-2-4-8-18(12)25-21)10-16(24)22-19(13)11-5-1-3-7-17(11)26-22/h1-10H. The van der Waals surface area contributed by atoms with Gasteiger partial charge in [0.05, 0.1) is 4.88 Å². The maximum Gasteiger partial charge on any atom is 0.197 e. The summed E-state index contributed by atoms with van der Waals surface area (Å²) in [5.41, 5.74) is 3.43. The summed E-state index contributed by atoms with van der Waals surface area (Å²) in [6.07, 6.45) is 3.43. The molecule has 2 nitrogen and oxygen atoms in total. The van der Waals surface area contributed by atoms with Gasteiger partial charge < -0.3 is 0 Å². The normalized spacial score (nSPS) is 15.5. The molecule has 0 unspecified atom stereocenters. The van der Waals surface area contributed by atoms with Crippen molar-refractivity contribution in [2.75, 3.05) is 0 Å². The van der Waals surface area contributed by atoms with Crippen molar-refractivity contribution in [3.05, 3.63) is 81.6 Å². The number of hydrogen-bond donors (Lipinski definition) is 0. The summed E-state index contributed by atoms with van der Waals surface area (Å²) >= 11 is 3.10. The molecule has 0 bridgehead atoms. The van der Waals surface area contributed by atoms with Crippen LogP contribution in [0.3, 0.4) is 0 Å². The van der Waals surface area contributed by atoms with Crippen molar-refractivity contribution in [1.82, 2.24) is 0 Å². The summed E-state index contributed by atoms with van der Waals surface area (Å²) in [4.78, 5) is 27.5. The molecule has 2 aliphatic carbocycles. The molecular weight excluding hydrogens is 360 g/mol.